The highest BCUT2D eigenvalue weighted by molar-refractivity contribution is 9.11. The standard InChI is InChI=1S/C27H28Br4O8/c1-5-7-36-25(32)38-11-9-34-23-19(28)13-17(14-20(23)29)27(3,4)18-15-21(30)24(22(31)16-18)35-10-12-39-26(33)37-8-6-2/h5-6,13-16H,1-2,7-12H2,3-4H3. The molecule has 0 heterocycles. The molecule has 0 atom stereocenters. The first-order chi connectivity index (χ1) is 18.5. The maximum absolute atomic E-state index is 11.4. The van der Waals surface area contributed by atoms with Crippen LogP contribution in [-0.4, -0.2) is 52.0 Å². The summed E-state index contributed by atoms with van der Waals surface area (Å²) in [5.41, 5.74) is 1.61. The fraction of sp³-hybridized carbons (Fsp3) is 0.333. The molecule has 2 rings (SSSR count). The third kappa shape index (κ3) is 10.1. The number of rotatable bonds is 14. The van der Waals surface area contributed by atoms with Gasteiger partial charge < -0.3 is 28.4 Å². The fourth-order valence-corrected chi connectivity index (χ4v) is 5.99. The van der Waals surface area contributed by atoms with Gasteiger partial charge in [-0.2, -0.15) is 0 Å². The van der Waals surface area contributed by atoms with E-state index < -0.39 is 17.7 Å². The van der Waals surface area contributed by atoms with Crippen molar-refractivity contribution in [2.24, 2.45) is 0 Å². The number of halogens is 4. The lowest BCUT2D eigenvalue weighted by Crippen LogP contribution is -2.20. The SMILES string of the molecule is C=CCOC(=O)OCCOc1c(Br)cc(C(C)(C)c2cc(Br)c(OCCOC(=O)OCC=C)c(Br)c2)cc1Br. The summed E-state index contributed by atoms with van der Waals surface area (Å²) in [5, 5.41) is 0. The minimum absolute atomic E-state index is 0.0318. The molecular formula is C27H28Br4O8. The molecule has 212 valence electrons. The molecule has 39 heavy (non-hydrogen) atoms. The van der Waals surface area contributed by atoms with Gasteiger partial charge in [-0.15, -0.1) is 0 Å². The molecule has 0 saturated heterocycles. The Balaban J connectivity index is 2.07. The van der Waals surface area contributed by atoms with E-state index in [2.05, 4.69) is 90.7 Å². The molecular weight excluding hydrogens is 772 g/mol. The highest BCUT2D eigenvalue weighted by Gasteiger charge is 2.27. The lowest BCUT2D eigenvalue weighted by molar-refractivity contribution is 0.0524. The number of benzene rings is 2. The van der Waals surface area contributed by atoms with Crippen LogP contribution in [0, 0.1) is 0 Å². The van der Waals surface area contributed by atoms with E-state index in [4.69, 9.17) is 28.4 Å². The van der Waals surface area contributed by atoms with E-state index in [1.165, 1.54) is 12.2 Å². The average Bonchev–Trinajstić information content (AvgIpc) is 2.88. The van der Waals surface area contributed by atoms with Gasteiger partial charge in [0, 0.05) is 5.41 Å². The second kappa shape index (κ2) is 16.3. The van der Waals surface area contributed by atoms with Crippen LogP contribution in [0.25, 0.3) is 0 Å². The maximum atomic E-state index is 11.4. The lowest BCUT2D eigenvalue weighted by atomic mass is 9.78. The Morgan fingerprint density at radius 3 is 1.31 bits per heavy atom. The zero-order chi connectivity index (χ0) is 29.0. The third-order valence-corrected chi connectivity index (χ3v) is 7.53. The molecule has 0 N–H and O–H groups in total. The summed E-state index contributed by atoms with van der Waals surface area (Å²) in [4.78, 5) is 22.8. The normalized spacial score (nSPS) is 10.8. The largest absolute Gasteiger partial charge is 0.508 e. The minimum Gasteiger partial charge on any atom is -0.488 e. The van der Waals surface area contributed by atoms with Gasteiger partial charge >= 0.3 is 12.3 Å². The highest BCUT2D eigenvalue weighted by Crippen LogP contribution is 2.44. The van der Waals surface area contributed by atoms with Crippen LogP contribution in [-0.2, 0) is 24.4 Å². The molecule has 0 bridgehead atoms. The van der Waals surface area contributed by atoms with E-state index >= 15 is 0 Å². The van der Waals surface area contributed by atoms with E-state index in [0.717, 1.165) is 29.0 Å². The number of ether oxygens (including phenoxy) is 6. The lowest BCUT2D eigenvalue weighted by Gasteiger charge is -2.28. The summed E-state index contributed by atoms with van der Waals surface area (Å²) < 4.78 is 34.0. The Hall–Kier alpha value is -2.02. The van der Waals surface area contributed by atoms with Gasteiger partial charge in [0.25, 0.3) is 0 Å². The molecule has 12 heteroatoms. The Bertz CT molecular complexity index is 1050. The van der Waals surface area contributed by atoms with Crippen LogP contribution >= 0.6 is 63.7 Å². The highest BCUT2D eigenvalue weighted by atomic mass is 79.9. The smallest absolute Gasteiger partial charge is 0.488 e. The Morgan fingerprint density at radius 1 is 0.667 bits per heavy atom. The van der Waals surface area contributed by atoms with Gasteiger partial charge in [0.05, 0.1) is 17.9 Å². The number of hydrogen-bond acceptors (Lipinski definition) is 8. The van der Waals surface area contributed by atoms with Crippen LogP contribution in [0.15, 0.2) is 67.5 Å². The van der Waals surface area contributed by atoms with E-state index in [9.17, 15) is 9.59 Å². The second-order valence-electron chi connectivity index (χ2n) is 8.26. The quantitative estimate of drug-likeness (QED) is 0.107. The van der Waals surface area contributed by atoms with Crippen molar-refractivity contribution in [3.05, 3.63) is 78.6 Å². The van der Waals surface area contributed by atoms with Crippen molar-refractivity contribution in [1.29, 1.82) is 0 Å². The Morgan fingerprint density at radius 2 is 1.00 bits per heavy atom. The summed E-state index contributed by atoms with van der Waals surface area (Å²) in [6.07, 6.45) is 1.36. The van der Waals surface area contributed by atoms with Crippen LogP contribution in [0.5, 0.6) is 11.5 Å². The summed E-state index contributed by atoms with van der Waals surface area (Å²) in [6.45, 7) is 11.7. The molecule has 0 aliphatic heterocycles. The summed E-state index contributed by atoms with van der Waals surface area (Å²) in [7, 11) is 0. The van der Waals surface area contributed by atoms with Crippen molar-refractivity contribution in [2.75, 3.05) is 39.6 Å². The van der Waals surface area contributed by atoms with Crippen LogP contribution in [0.3, 0.4) is 0 Å². The van der Waals surface area contributed by atoms with Gasteiger partial charge in [-0.1, -0.05) is 39.2 Å². The number of hydrogen-bond donors (Lipinski definition) is 0. The molecule has 0 unspecified atom stereocenters. The Kier molecular flexibility index (Phi) is 13.9. The number of carbonyl (C=O) groups excluding carboxylic acids is 2. The predicted octanol–water partition coefficient (Wildman–Crippen LogP) is 8.50. The van der Waals surface area contributed by atoms with Crippen LogP contribution < -0.4 is 9.47 Å². The van der Waals surface area contributed by atoms with E-state index in [-0.39, 0.29) is 39.6 Å². The minimum atomic E-state index is -0.778. The maximum Gasteiger partial charge on any atom is 0.508 e. The van der Waals surface area contributed by atoms with Crippen molar-refractivity contribution in [1.82, 2.24) is 0 Å². The molecule has 8 nitrogen and oxygen atoms in total. The molecule has 2 aromatic carbocycles. The van der Waals surface area contributed by atoms with E-state index in [1.54, 1.807) is 0 Å². The van der Waals surface area contributed by atoms with Crippen molar-refractivity contribution in [3.63, 3.8) is 0 Å². The molecule has 0 amide bonds. The zero-order valence-corrected chi connectivity index (χ0v) is 27.7. The molecule has 2 aromatic rings. The average molecular weight is 800 g/mol. The predicted molar refractivity (Wildman–Crippen MR) is 162 cm³/mol. The van der Waals surface area contributed by atoms with Crippen LogP contribution in [0.4, 0.5) is 9.59 Å². The molecule has 0 saturated carbocycles. The van der Waals surface area contributed by atoms with Gasteiger partial charge in [-0.25, -0.2) is 9.59 Å². The van der Waals surface area contributed by atoms with Gasteiger partial charge in [-0.3, -0.25) is 0 Å². The zero-order valence-electron chi connectivity index (χ0n) is 21.4. The van der Waals surface area contributed by atoms with E-state index in [0.29, 0.717) is 11.5 Å². The molecule has 0 spiro atoms. The molecule has 0 aliphatic rings. The van der Waals surface area contributed by atoms with Crippen molar-refractivity contribution in [2.45, 2.75) is 19.3 Å². The van der Waals surface area contributed by atoms with Crippen molar-refractivity contribution in [3.8, 4) is 11.5 Å². The number of carbonyl (C=O) groups is 2. The van der Waals surface area contributed by atoms with Gasteiger partial charge in [0.1, 0.15) is 51.1 Å². The first-order valence-corrected chi connectivity index (χ1v) is 14.7. The summed E-state index contributed by atoms with van der Waals surface area (Å²) >= 11 is 14.4. The topological polar surface area (TPSA) is 89.5 Å². The van der Waals surface area contributed by atoms with E-state index in [1.807, 2.05) is 24.3 Å². The first kappa shape index (κ1) is 33.2. The summed E-state index contributed by atoms with van der Waals surface area (Å²) in [5.74, 6) is 1.17. The summed E-state index contributed by atoms with van der Waals surface area (Å²) in [6, 6.07) is 7.92. The van der Waals surface area contributed by atoms with Gasteiger partial charge in [0.2, 0.25) is 0 Å². The second-order valence-corrected chi connectivity index (χ2v) is 11.7. The van der Waals surface area contributed by atoms with Gasteiger partial charge in [0.15, 0.2) is 0 Å². The van der Waals surface area contributed by atoms with Crippen molar-refractivity contribution >= 4 is 76.0 Å². The molecule has 0 aliphatic carbocycles. The fourth-order valence-electron chi connectivity index (χ4n) is 3.16. The van der Waals surface area contributed by atoms with Crippen LogP contribution in [0.1, 0.15) is 25.0 Å². The van der Waals surface area contributed by atoms with Crippen molar-refractivity contribution < 1.29 is 38.0 Å². The monoisotopic (exact) mass is 796 g/mol. The molecule has 0 aromatic heterocycles. The Labute approximate surface area is 261 Å². The molecule has 0 radical (unpaired) electrons. The molecule has 0 fully saturated rings. The third-order valence-electron chi connectivity index (χ3n) is 5.18. The first-order valence-electron chi connectivity index (χ1n) is 11.6. The van der Waals surface area contributed by atoms with Gasteiger partial charge in [-0.05, 0) is 99.1 Å². The van der Waals surface area contributed by atoms with Crippen LogP contribution in [0.2, 0.25) is 0 Å².